The molecule has 1 atom stereocenters. The van der Waals surface area contributed by atoms with E-state index in [4.69, 9.17) is 21.1 Å². The van der Waals surface area contributed by atoms with E-state index >= 15 is 0 Å². The lowest BCUT2D eigenvalue weighted by atomic mass is 10.1. The zero-order valence-electron chi connectivity index (χ0n) is 12.5. The molecule has 1 unspecified atom stereocenters. The van der Waals surface area contributed by atoms with Crippen molar-refractivity contribution < 1.29 is 14.3 Å². The molecule has 0 saturated carbocycles. The van der Waals surface area contributed by atoms with Crippen LogP contribution in [0.5, 0.6) is 11.5 Å². The van der Waals surface area contributed by atoms with Gasteiger partial charge >= 0.3 is 0 Å². The summed E-state index contributed by atoms with van der Waals surface area (Å²) in [5.74, 6) is 1.07. The average molecular weight is 320 g/mol. The van der Waals surface area contributed by atoms with Gasteiger partial charge in [-0.2, -0.15) is 0 Å². The molecule has 1 amide bonds. The van der Waals surface area contributed by atoms with E-state index < -0.39 is 0 Å². The first-order valence-corrected chi connectivity index (χ1v) is 7.28. The van der Waals surface area contributed by atoms with E-state index in [2.05, 4.69) is 5.32 Å². The Labute approximate surface area is 135 Å². The van der Waals surface area contributed by atoms with Crippen molar-refractivity contribution >= 4 is 17.5 Å². The highest BCUT2D eigenvalue weighted by atomic mass is 35.5. The molecule has 2 rings (SSSR count). The number of methoxy groups -OCH3 is 1. The normalized spacial score (nSPS) is 11.6. The van der Waals surface area contributed by atoms with E-state index in [9.17, 15) is 4.79 Å². The average Bonchev–Trinajstić information content (AvgIpc) is 2.54. The summed E-state index contributed by atoms with van der Waals surface area (Å²) >= 11 is 5.97. The number of hydrogen-bond donors (Lipinski definition) is 1. The van der Waals surface area contributed by atoms with Gasteiger partial charge in [0, 0.05) is 0 Å². The molecule has 0 aliphatic carbocycles. The van der Waals surface area contributed by atoms with Gasteiger partial charge in [-0.1, -0.05) is 35.9 Å². The second-order valence-electron chi connectivity index (χ2n) is 4.78. The quantitative estimate of drug-likeness (QED) is 0.885. The van der Waals surface area contributed by atoms with Gasteiger partial charge in [0.15, 0.2) is 6.61 Å². The van der Waals surface area contributed by atoms with Crippen LogP contribution in [0.2, 0.25) is 5.02 Å². The summed E-state index contributed by atoms with van der Waals surface area (Å²) in [5.41, 5.74) is 0.992. The van der Waals surface area contributed by atoms with Crippen LogP contribution in [0.15, 0.2) is 48.5 Å². The van der Waals surface area contributed by atoms with Gasteiger partial charge in [0.25, 0.3) is 5.91 Å². The Morgan fingerprint density at radius 3 is 2.50 bits per heavy atom. The second kappa shape index (κ2) is 7.71. The fraction of sp³-hybridized carbons (Fsp3) is 0.235. The first kappa shape index (κ1) is 16.2. The van der Waals surface area contributed by atoms with Crippen LogP contribution in [0.25, 0.3) is 0 Å². The lowest BCUT2D eigenvalue weighted by Gasteiger charge is -2.15. The van der Waals surface area contributed by atoms with Crippen LogP contribution in [0, 0.1) is 0 Å². The number of halogens is 1. The first-order valence-electron chi connectivity index (χ1n) is 6.91. The molecule has 0 radical (unpaired) electrons. The zero-order chi connectivity index (χ0) is 15.9. The molecule has 0 aliphatic rings. The molecule has 1 N–H and O–H groups in total. The lowest BCUT2D eigenvalue weighted by molar-refractivity contribution is -0.123. The van der Waals surface area contributed by atoms with Crippen molar-refractivity contribution in [2.75, 3.05) is 13.7 Å². The summed E-state index contributed by atoms with van der Waals surface area (Å²) in [6, 6.07) is 14.5. The maximum atomic E-state index is 11.9. The van der Waals surface area contributed by atoms with Gasteiger partial charge in [-0.3, -0.25) is 4.79 Å². The van der Waals surface area contributed by atoms with Crippen molar-refractivity contribution in [2.24, 2.45) is 0 Å². The SMILES string of the molecule is COc1ccc(C(C)NC(=O)COc2ccccc2Cl)cc1. The van der Waals surface area contributed by atoms with Crippen molar-refractivity contribution in [3.63, 3.8) is 0 Å². The number of rotatable bonds is 6. The minimum Gasteiger partial charge on any atom is -0.497 e. The Morgan fingerprint density at radius 2 is 1.86 bits per heavy atom. The van der Waals surface area contributed by atoms with Crippen LogP contribution in [0.1, 0.15) is 18.5 Å². The second-order valence-corrected chi connectivity index (χ2v) is 5.19. The molecule has 0 heterocycles. The molecule has 5 heteroatoms. The van der Waals surface area contributed by atoms with Crippen LogP contribution in [-0.2, 0) is 4.79 Å². The monoisotopic (exact) mass is 319 g/mol. The van der Waals surface area contributed by atoms with Crippen LogP contribution < -0.4 is 14.8 Å². The summed E-state index contributed by atoms with van der Waals surface area (Å²) in [6.45, 7) is 1.83. The van der Waals surface area contributed by atoms with Crippen molar-refractivity contribution in [1.82, 2.24) is 5.32 Å². The highest BCUT2D eigenvalue weighted by Gasteiger charge is 2.11. The van der Waals surface area contributed by atoms with E-state index in [1.807, 2.05) is 31.2 Å². The van der Waals surface area contributed by atoms with Crippen LogP contribution in [-0.4, -0.2) is 19.6 Å². The molecular formula is C17H18ClNO3. The third kappa shape index (κ3) is 4.40. The number of benzene rings is 2. The van der Waals surface area contributed by atoms with E-state index in [1.165, 1.54) is 0 Å². The molecule has 22 heavy (non-hydrogen) atoms. The maximum absolute atomic E-state index is 11.9. The molecule has 0 bridgehead atoms. The predicted molar refractivity (Wildman–Crippen MR) is 86.5 cm³/mol. The number of nitrogens with one attached hydrogen (secondary N) is 1. The first-order chi connectivity index (χ1) is 10.6. The molecule has 0 fully saturated rings. The van der Waals surface area contributed by atoms with Crippen molar-refractivity contribution in [1.29, 1.82) is 0 Å². The third-order valence-electron chi connectivity index (χ3n) is 3.19. The van der Waals surface area contributed by atoms with E-state index in [0.717, 1.165) is 11.3 Å². The van der Waals surface area contributed by atoms with Crippen molar-refractivity contribution in [2.45, 2.75) is 13.0 Å². The topological polar surface area (TPSA) is 47.6 Å². The summed E-state index contributed by atoms with van der Waals surface area (Å²) in [7, 11) is 1.62. The zero-order valence-corrected chi connectivity index (χ0v) is 13.3. The van der Waals surface area contributed by atoms with Crippen molar-refractivity contribution in [3.8, 4) is 11.5 Å². The molecular weight excluding hydrogens is 302 g/mol. The number of carbonyl (C=O) groups is 1. The van der Waals surface area contributed by atoms with E-state index in [0.29, 0.717) is 10.8 Å². The van der Waals surface area contributed by atoms with Crippen LogP contribution >= 0.6 is 11.6 Å². The molecule has 0 saturated heterocycles. The summed E-state index contributed by atoms with van der Waals surface area (Å²) in [4.78, 5) is 11.9. The fourth-order valence-electron chi connectivity index (χ4n) is 1.96. The molecule has 0 spiro atoms. The highest BCUT2D eigenvalue weighted by Crippen LogP contribution is 2.23. The number of amides is 1. The third-order valence-corrected chi connectivity index (χ3v) is 3.50. The molecule has 0 aliphatic heterocycles. The van der Waals surface area contributed by atoms with Gasteiger partial charge in [-0.05, 0) is 36.8 Å². The Kier molecular flexibility index (Phi) is 5.67. The van der Waals surface area contributed by atoms with Gasteiger partial charge in [-0.25, -0.2) is 0 Å². The molecule has 2 aromatic carbocycles. The minimum absolute atomic E-state index is 0.0791. The summed E-state index contributed by atoms with van der Waals surface area (Å²) in [6.07, 6.45) is 0. The predicted octanol–water partition coefficient (Wildman–Crippen LogP) is 3.60. The lowest BCUT2D eigenvalue weighted by Crippen LogP contribution is -2.31. The number of para-hydroxylation sites is 1. The van der Waals surface area contributed by atoms with Gasteiger partial charge in [0.2, 0.25) is 0 Å². The van der Waals surface area contributed by atoms with Gasteiger partial charge in [0.05, 0.1) is 18.2 Å². The Balaban J connectivity index is 1.87. The summed E-state index contributed by atoms with van der Waals surface area (Å²) in [5, 5.41) is 3.36. The molecule has 2 aromatic rings. The minimum atomic E-state index is -0.205. The molecule has 4 nitrogen and oxygen atoms in total. The smallest absolute Gasteiger partial charge is 0.258 e. The maximum Gasteiger partial charge on any atom is 0.258 e. The number of carbonyl (C=O) groups excluding carboxylic acids is 1. The van der Waals surface area contributed by atoms with Crippen LogP contribution in [0.4, 0.5) is 0 Å². The number of ether oxygens (including phenoxy) is 2. The molecule has 116 valence electrons. The van der Waals surface area contributed by atoms with E-state index in [1.54, 1.807) is 31.4 Å². The largest absolute Gasteiger partial charge is 0.497 e. The van der Waals surface area contributed by atoms with Crippen molar-refractivity contribution in [3.05, 3.63) is 59.1 Å². The summed E-state index contributed by atoms with van der Waals surface area (Å²) < 4.78 is 10.5. The Bertz CT molecular complexity index is 628. The van der Waals surface area contributed by atoms with E-state index in [-0.39, 0.29) is 18.6 Å². The molecule has 0 aromatic heterocycles. The Hall–Kier alpha value is -2.20. The Morgan fingerprint density at radius 1 is 1.18 bits per heavy atom. The van der Waals surface area contributed by atoms with Gasteiger partial charge < -0.3 is 14.8 Å². The fourth-order valence-corrected chi connectivity index (χ4v) is 2.15. The highest BCUT2D eigenvalue weighted by molar-refractivity contribution is 6.32. The van der Waals surface area contributed by atoms with Gasteiger partial charge in [0.1, 0.15) is 11.5 Å². The standard InChI is InChI=1S/C17H18ClNO3/c1-12(13-7-9-14(21-2)10-8-13)19-17(20)11-22-16-6-4-3-5-15(16)18/h3-10,12H,11H2,1-2H3,(H,19,20). The number of hydrogen-bond acceptors (Lipinski definition) is 3. The van der Waals surface area contributed by atoms with Gasteiger partial charge in [-0.15, -0.1) is 0 Å². The van der Waals surface area contributed by atoms with Crippen LogP contribution in [0.3, 0.4) is 0 Å².